The second-order valence-corrected chi connectivity index (χ2v) is 8.24. The van der Waals surface area contributed by atoms with Crippen LogP contribution in [0.15, 0.2) is 16.3 Å². The van der Waals surface area contributed by atoms with Crippen LogP contribution in [0.1, 0.15) is 24.1 Å². The van der Waals surface area contributed by atoms with Gasteiger partial charge in [0.05, 0.1) is 19.1 Å². The van der Waals surface area contributed by atoms with Gasteiger partial charge in [-0.05, 0) is 25.0 Å². The zero-order valence-electron chi connectivity index (χ0n) is 10.1. The summed E-state index contributed by atoms with van der Waals surface area (Å²) in [6.45, 7) is 1.03. The normalized spacial score (nSPS) is 19.5. The second-order valence-electron chi connectivity index (χ2n) is 4.27. The van der Waals surface area contributed by atoms with Gasteiger partial charge in [-0.15, -0.1) is 11.3 Å². The number of ether oxygens (including phenoxy) is 1. The standard InChI is InChI=1S/C11H14ClNO4S2/c12-19(15,16)11-4-3-9(18-11)7-13-10(14)6-8-2-1-5-17-8/h3-4,8H,1-2,5-7H2,(H,13,14). The molecule has 0 aromatic carbocycles. The molecule has 1 aliphatic rings. The predicted molar refractivity (Wildman–Crippen MR) is 72.8 cm³/mol. The number of nitrogens with one attached hydrogen (secondary N) is 1. The van der Waals surface area contributed by atoms with Crippen molar-refractivity contribution in [3.63, 3.8) is 0 Å². The molecule has 2 heterocycles. The lowest BCUT2D eigenvalue weighted by molar-refractivity contribution is -0.123. The molecule has 0 radical (unpaired) electrons. The van der Waals surface area contributed by atoms with Gasteiger partial charge in [0.2, 0.25) is 5.91 Å². The summed E-state index contributed by atoms with van der Waals surface area (Å²) in [5, 5.41) is 2.74. The topological polar surface area (TPSA) is 72.5 Å². The maximum absolute atomic E-state index is 11.6. The minimum atomic E-state index is -3.68. The van der Waals surface area contributed by atoms with E-state index in [0.29, 0.717) is 13.0 Å². The van der Waals surface area contributed by atoms with Crippen LogP contribution in [0.4, 0.5) is 0 Å². The largest absolute Gasteiger partial charge is 0.378 e. The minimum absolute atomic E-state index is 0.0158. The lowest BCUT2D eigenvalue weighted by atomic mass is 10.2. The monoisotopic (exact) mass is 323 g/mol. The molecule has 1 aromatic heterocycles. The first-order chi connectivity index (χ1) is 8.95. The van der Waals surface area contributed by atoms with Gasteiger partial charge in [-0.2, -0.15) is 0 Å². The van der Waals surface area contributed by atoms with Crippen LogP contribution < -0.4 is 5.32 Å². The first-order valence-corrected chi connectivity index (χ1v) is 8.99. The Hall–Kier alpha value is -0.630. The summed E-state index contributed by atoms with van der Waals surface area (Å²) in [7, 11) is 1.55. The van der Waals surface area contributed by atoms with E-state index in [1.807, 2.05) is 0 Å². The Morgan fingerprint density at radius 3 is 2.89 bits per heavy atom. The van der Waals surface area contributed by atoms with Crippen molar-refractivity contribution in [1.29, 1.82) is 0 Å². The molecule has 1 aromatic rings. The average Bonchev–Trinajstić information content (AvgIpc) is 2.95. The van der Waals surface area contributed by atoms with E-state index in [4.69, 9.17) is 15.4 Å². The van der Waals surface area contributed by atoms with Crippen molar-refractivity contribution in [3.05, 3.63) is 17.0 Å². The molecule has 0 bridgehead atoms. The summed E-state index contributed by atoms with van der Waals surface area (Å²) in [6, 6.07) is 3.08. The molecule has 5 nitrogen and oxygen atoms in total. The van der Waals surface area contributed by atoms with Gasteiger partial charge in [-0.3, -0.25) is 4.79 Å². The van der Waals surface area contributed by atoms with Crippen LogP contribution in [0.5, 0.6) is 0 Å². The molecule has 0 spiro atoms. The summed E-state index contributed by atoms with van der Waals surface area (Å²) in [6.07, 6.45) is 2.29. The molecule has 1 unspecified atom stereocenters. The number of rotatable bonds is 5. The van der Waals surface area contributed by atoms with Crippen LogP contribution in [-0.2, 0) is 25.1 Å². The van der Waals surface area contributed by atoms with Crippen LogP contribution in [0.25, 0.3) is 0 Å². The van der Waals surface area contributed by atoms with Gasteiger partial charge in [0.1, 0.15) is 4.21 Å². The van der Waals surface area contributed by atoms with E-state index in [-0.39, 0.29) is 16.2 Å². The molecule has 1 fully saturated rings. The molecular weight excluding hydrogens is 310 g/mol. The number of hydrogen-bond acceptors (Lipinski definition) is 5. The number of carbonyl (C=O) groups is 1. The maximum atomic E-state index is 11.6. The van der Waals surface area contributed by atoms with E-state index in [0.717, 1.165) is 35.7 Å². The van der Waals surface area contributed by atoms with E-state index in [1.165, 1.54) is 6.07 Å². The highest BCUT2D eigenvalue weighted by Gasteiger charge is 2.19. The zero-order chi connectivity index (χ0) is 13.9. The minimum Gasteiger partial charge on any atom is -0.378 e. The fourth-order valence-corrected chi connectivity index (χ4v) is 3.92. The zero-order valence-corrected chi connectivity index (χ0v) is 12.5. The Bertz CT molecular complexity index is 549. The molecule has 19 heavy (non-hydrogen) atoms. The van der Waals surface area contributed by atoms with Gasteiger partial charge in [-0.1, -0.05) is 0 Å². The van der Waals surface area contributed by atoms with Gasteiger partial charge in [0.15, 0.2) is 0 Å². The maximum Gasteiger partial charge on any atom is 0.270 e. The van der Waals surface area contributed by atoms with Crippen LogP contribution in [0.2, 0.25) is 0 Å². The number of thiophene rings is 1. The SMILES string of the molecule is O=C(CC1CCCO1)NCc1ccc(S(=O)(=O)Cl)s1. The van der Waals surface area contributed by atoms with Crippen LogP contribution in [0.3, 0.4) is 0 Å². The summed E-state index contributed by atoms with van der Waals surface area (Å²) < 4.78 is 27.6. The Morgan fingerprint density at radius 2 is 2.32 bits per heavy atom. The summed E-state index contributed by atoms with van der Waals surface area (Å²) in [5.41, 5.74) is 0. The Labute approximate surface area is 120 Å². The third-order valence-electron chi connectivity index (χ3n) is 2.77. The van der Waals surface area contributed by atoms with Crippen LogP contribution >= 0.6 is 22.0 Å². The summed E-state index contributed by atoms with van der Waals surface area (Å²) in [5.74, 6) is -0.0874. The Kier molecular flexibility index (Phi) is 4.83. The molecule has 1 N–H and O–H groups in total. The lowest BCUT2D eigenvalue weighted by Crippen LogP contribution is -2.26. The highest BCUT2D eigenvalue weighted by Crippen LogP contribution is 2.24. The molecule has 0 aliphatic carbocycles. The van der Waals surface area contributed by atoms with Gasteiger partial charge >= 0.3 is 0 Å². The van der Waals surface area contributed by atoms with Crippen molar-refractivity contribution in [1.82, 2.24) is 5.32 Å². The smallest absolute Gasteiger partial charge is 0.270 e. The number of hydrogen-bond donors (Lipinski definition) is 1. The summed E-state index contributed by atoms with van der Waals surface area (Å²) in [4.78, 5) is 12.4. The third kappa shape index (κ3) is 4.45. The summed E-state index contributed by atoms with van der Waals surface area (Å²) >= 11 is 1.06. The van der Waals surface area contributed by atoms with E-state index in [2.05, 4.69) is 5.32 Å². The highest BCUT2D eigenvalue weighted by atomic mass is 35.7. The molecule has 1 aliphatic heterocycles. The van der Waals surface area contributed by atoms with Crippen molar-refractivity contribution >= 4 is 37.0 Å². The van der Waals surface area contributed by atoms with Gasteiger partial charge < -0.3 is 10.1 Å². The van der Waals surface area contributed by atoms with Crippen LogP contribution in [0, 0.1) is 0 Å². The molecule has 106 valence electrons. The Balaban J connectivity index is 1.81. The number of halogens is 1. The highest BCUT2D eigenvalue weighted by molar-refractivity contribution is 8.15. The molecule has 1 amide bonds. The van der Waals surface area contributed by atoms with E-state index in [1.54, 1.807) is 6.07 Å². The van der Waals surface area contributed by atoms with Crippen LogP contribution in [-0.4, -0.2) is 27.0 Å². The quantitative estimate of drug-likeness (QED) is 0.839. The lowest BCUT2D eigenvalue weighted by Gasteiger charge is -2.08. The van der Waals surface area contributed by atoms with Gasteiger partial charge in [-0.25, -0.2) is 8.42 Å². The fourth-order valence-electron chi connectivity index (χ4n) is 1.85. The first-order valence-electron chi connectivity index (χ1n) is 5.87. The third-order valence-corrected chi connectivity index (χ3v) is 5.95. The van der Waals surface area contributed by atoms with Crippen molar-refractivity contribution in [2.24, 2.45) is 0 Å². The Morgan fingerprint density at radius 1 is 1.53 bits per heavy atom. The molecule has 2 rings (SSSR count). The predicted octanol–water partition coefficient (Wildman–Crippen LogP) is 1.86. The first kappa shape index (κ1) is 14.8. The molecular formula is C11H14ClNO4S2. The van der Waals surface area contributed by atoms with E-state index in [9.17, 15) is 13.2 Å². The van der Waals surface area contributed by atoms with E-state index >= 15 is 0 Å². The number of amides is 1. The van der Waals surface area contributed by atoms with Gasteiger partial charge in [0, 0.05) is 22.2 Å². The second kappa shape index (κ2) is 6.21. The van der Waals surface area contributed by atoms with E-state index < -0.39 is 9.05 Å². The van der Waals surface area contributed by atoms with Crippen molar-refractivity contribution in [2.75, 3.05) is 6.61 Å². The number of carbonyl (C=O) groups excluding carboxylic acids is 1. The fraction of sp³-hybridized carbons (Fsp3) is 0.545. The van der Waals surface area contributed by atoms with Crippen molar-refractivity contribution in [2.45, 2.75) is 36.1 Å². The molecule has 1 saturated heterocycles. The van der Waals surface area contributed by atoms with Crippen molar-refractivity contribution in [3.8, 4) is 0 Å². The van der Waals surface area contributed by atoms with Crippen molar-refractivity contribution < 1.29 is 17.9 Å². The average molecular weight is 324 g/mol. The molecule has 1 atom stereocenters. The molecule has 0 saturated carbocycles. The van der Waals surface area contributed by atoms with Gasteiger partial charge in [0.25, 0.3) is 9.05 Å². The molecule has 8 heteroatoms.